The molecule has 2 N–H and O–H groups in total. The van der Waals surface area contributed by atoms with E-state index in [1.54, 1.807) is 51.3 Å². The maximum atomic E-state index is 12.2. The van der Waals surface area contributed by atoms with Gasteiger partial charge in [0.1, 0.15) is 11.7 Å². The van der Waals surface area contributed by atoms with Crippen molar-refractivity contribution >= 4 is 11.9 Å². The number of aromatic nitrogens is 1. The summed E-state index contributed by atoms with van der Waals surface area (Å²) in [6, 6.07) is 5.89. The normalized spacial score (nSPS) is 12.2. The average Bonchev–Trinajstić information content (AvgIpc) is 2.97. The number of aryl methyl sites for hydroxylation is 1. The molecule has 2 aromatic heterocycles. The standard InChI is InChI=1S/C16H18N2O4/c1-9(2)14(16(20)21)18-15(19)11-6-7-12(17-10(11)3)13-5-4-8-22-13/h4-9,14H,1-3H3,(H,18,19)(H,20,21)/t14-/m1/s1. The van der Waals surface area contributed by atoms with E-state index in [0.29, 0.717) is 22.7 Å². The van der Waals surface area contributed by atoms with Crippen LogP contribution in [0.1, 0.15) is 29.9 Å². The minimum atomic E-state index is -1.05. The molecule has 116 valence electrons. The van der Waals surface area contributed by atoms with Gasteiger partial charge >= 0.3 is 5.97 Å². The highest BCUT2D eigenvalue weighted by Crippen LogP contribution is 2.19. The van der Waals surface area contributed by atoms with Crippen LogP contribution in [0.15, 0.2) is 34.9 Å². The molecular formula is C16H18N2O4. The smallest absolute Gasteiger partial charge is 0.326 e. The van der Waals surface area contributed by atoms with Crippen LogP contribution >= 0.6 is 0 Å². The van der Waals surface area contributed by atoms with Crippen molar-refractivity contribution in [3.8, 4) is 11.5 Å². The third kappa shape index (κ3) is 3.33. The van der Waals surface area contributed by atoms with Crippen molar-refractivity contribution < 1.29 is 19.1 Å². The van der Waals surface area contributed by atoms with Crippen LogP contribution in [0, 0.1) is 12.8 Å². The molecule has 0 fully saturated rings. The van der Waals surface area contributed by atoms with E-state index in [4.69, 9.17) is 9.52 Å². The van der Waals surface area contributed by atoms with Gasteiger partial charge in [0.2, 0.25) is 0 Å². The third-order valence-electron chi connectivity index (χ3n) is 3.32. The Hall–Kier alpha value is -2.63. The molecule has 1 amide bonds. The van der Waals surface area contributed by atoms with Gasteiger partial charge in [-0.15, -0.1) is 0 Å². The summed E-state index contributed by atoms with van der Waals surface area (Å²) in [6.07, 6.45) is 1.55. The van der Waals surface area contributed by atoms with Gasteiger partial charge in [-0.3, -0.25) is 4.79 Å². The molecular weight excluding hydrogens is 284 g/mol. The minimum Gasteiger partial charge on any atom is -0.480 e. The van der Waals surface area contributed by atoms with Crippen molar-refractivity contribution in [2.45, 2.75) is 26.8 Å². The molecule has 2 rings (SSSR count). The molecule has 6 heteroatoms. The van der Waals surface area contributed by atoms with Crippen LogP contribution in [0.5, 0.6) is 0 Å². The summed E-state index contributed by atoms with van der Waals surface area (Å²) in [6.45, 7) is 5.18. The van der Waals surface area contributed by atoms with E-state index in [0.717, 1.165) is 0 Å². The summed E-state index contributed by atoms with van der Waals surface area (Å²) in [5.41, 5.74) is 1.49. The van der Waals surface area contributed by atoms with E-state index in [9.17, 15) is 9.59 Å². The Morgan fingerprint density at radius 3 is 2.50 bits per heavy atom. The van der Waals surface area contributed by atoms with Crippen LogP contribution in [0.4, 0.5) is 0 Å². The minimum absolute atomic E-state index is 0.211. The lowest BCUT2D eigenvalue weighted by Gasteiger charge is -2.18. The Morgan fingerprint density at radius 1 is 1.27 bits per heavy atom. The molecule has 1 atom stereocenters. The summed E-state index contributed by atoms with van der Waals surface area (Å²) in [7, 11) is 0. The SMILES string of the molecule is Cc1nc(-c2ccco2)ccc1C(=O)N[C@@H](C(=O)O)C(C)C. The fourth-order valence-electron chi connectivity index (χ4n) is 2.10. The van der Waals surface area contributed by atoms with Crippen LogP contribution in [0.2, 0.25) is 0 Å². The number of carbonyl (C=O) groups is 2. The van der Waals surface area contributed by atoms with Crippen LogP contribution in [-0.2, 0) is 4.79 Å². The van der Waals surface area contributed by atoms with Crippen molar-refractivity contribution in [3.63, 3.8) is 0 Å². The van der Waals surface area contributed by atoms with E-state index >= 15 is 0 Å². The zero-order chi connectivity index (χ0) is 16.3. The number of rotatable bonds is 5. The van der Waals surface area contributed by atoms with E-state index in [2.05, 4.69) is 10.3 Å². The molecule has 0 radical (unpaired) electrons. The first-order valence-electron chi connectivity index (χ1n) is 6.95. The molecule has 2 aromatic rings. The van der Waals surface area contributed by atoms with Gasteiger partial charge in [-0.25, -0.2) is 9.78 Å². The molecule has 2 heterocycles. The van der Waals surface area contributed by atoms with Crippen LogP contribution < -0.4 is 5.32 Å². The van der Waals surface area contributed by atoms with Gasteiger partial charge < -0.3 is 14.8 Å². The Bertz CT molecular complexity index is 677. The predicted molar refractivity (Wildman–Crippen MR) is 80.4 cm³/mol. The molecule has 22 heavy (non-hydrogen) atoms. The second-order valence-corrected chi connectivity index (χ2v) is 5.34. The second-order valence-electron chi connectivity index (χ2n) is 5.34. The maximum Gasteiger partial charge on any atom is 0.326 e. The number of amides is 1. The second kappa shape index (κ2) is 6.43. The van der Waals surface area contributed by atoms with Crippen LogP contribution in [-0.4, -0.2) is 28.0 Å². The lowest BCUT2D eigenvalue weighted by molar-refractivity contribution is -0.140. The number of furan rings is 1. The van der Waals surface area contributed by atoms with Gasteiger partial charge in [0.25, 0.3) is 5.91 Å². The molecule has 0 aliphatic carbocycles. The van der Waals surface area contributed by atoms with Crippen molar-refractivity contribution in [2.24, 2.45) is 5.92 Å². The number of pyridine rings is 1. The van der Waals surface area contributed by atoms with Crippen molar-refractivity contribution in [1.82, 2.24) is 10.3 Å². The zero-order valence-corrected chi connectivity index (χ0v) is 12.7. The zero-order valence-electron chi connectivity index (χ0n) is 12.7. The van der Waals surface area contributed by atoms with E-state index in [1.165, 1.54) is 0 Å². The van der Waals surface area contributed by atoms with Gasteiger partial charge in [0.15, 0.2) is 5.76 Å². The number of nitrogens with one attached hydrogen (secondary N) is 1. The van der Waals surface area contributed by atoms with E-state index in [-0.39, 0.29) is 5.92 Å². The molecule has 0 saturated heterocycles. The Balaban J connectivity index is 2.22. The van der Waals surface area contributed by atoms with Gasteiger partial charge in [-0.2, -0.15) is 0 Å². The topological polar surface area (TPSA) is 92.4 Å². The molecule has 0 bridgehead atoms. The van der Waals surface area contributed by atoms with Gasteiger partial charge in [-0.1, -0.05) is 13.8 Å². The summed E-state index contributed by atoms with van der Waals surface area (Å²) < 4.78 is 5.26. The van der Waals surface area contributed by atoms with Gasteiger partial charge in [0.05, 0.1) is 17.5 Å². The Kier molecular flexibility index (Phi) is 4.60. The van der Waals surface area contributed by atoms with Crippen molar-refractivity contribution in [3.05, 3.63) is 41.8 Å². The van der Waals surface area contributed by atoms with Gasteiger partial charge in [0, 0.05) is 0 Å². The number of hydrogen-bond donors (Lipinski definition) is 2. The number of carboxylic acids is 1. The highest BCUT2D eigenvalue weighted by molar-refractivity contribution is 5.97. The summed E-state index contributed by atoms with van der Waals surface area (Å²) in [5, 5.41) is 11.7. The Morgan fingerprint density at radius 2 is 2.00 bits per heavy atom. The fourth-order valence-corrected chi connectivity index (χ4v) is 2.10. The number of carbonyl (C=O) groups excluding carboxylic acids is 1. The number of nitrogens with zero attached hydrogens (tertiary/aromatic N) is 1. The van der Waals surface area contributed by atoms with Crippen molar-refractivity contribution in [1.29, 1.82) is 0 Å². The molecule has 0 spiro atoms. The summed E-state index contributed by atoms with van der Waals surface area (Å²) >= 11 is 0. The quantitative estimate of drug-likeness (QED) is 0.885. The first kappa shape index (κ1) is 15.8. The average molecular weight is 302 g/mol. The predicted octanol–water partition coefficient (Wildman–Crippen LogP) is 2.49. The lowest BCUT2D eigenvalue weighted by atomic mass is 10.0. The summed E-state index contributed by atoms with van der Waals surface area (Å²) in [4.78, 5) is 27.7. The highest BCUT2D eigenvalue weighted by atomic mass is 16.4. The largest absolute Gasteiger partial charge is 0.480 e. The molecule has 0 aromatic carbocycles. The lowest BCUT2D eigenvalue weighted by Crippen LogP contribution is -2.44. The number of carboxylic acid groups (broad SMARTS) is 1. The fraction of sp³-hybridized carbons (Fsp3) is 0.312. The van der Waals surface area contributed by atoms with Gasteiger partial charge in [-0.05, 0) is 37.1 Å². The van der Waals surface area contributed by atoms with Crippen molar-refractivity contribution in [2.75, 3.05) is 0 Å². The molecule has 0 saturated carbocycles. The first-order chi connectivity index (χ1) is 10.4. The monoisotopic (exact) mass is 302 g/mol. The maximum absolute atomic E-state index is 12.2. The first-order valence-corrected chi connectivity index (χ1v) is 6.95. The molecule has 0 aliphatic rings. The third-order valence-corrected chi connectivity index (χ3v) is 3.32. The molecule has 6 nitrogen and oxygen atoms in total. The molecule has 0 unspecified atom stereocenters. The number of aliphatic carboxylic acids is 1. The number of hydrogen-bond acceptors (Lipinski definition) is 4. The van der Waals surface area contributed by atoms with E-state index < -0.39 is 17.9 Å². The highest BCUT2D eigenvalue weighted by Gasteiger charge is 2.24. The molecule has 0 aliphatic heterocycles. The van der Waals surface area contributed by atoms with E-state index in [1.807, 2.05) is 0 Å². The van der Waals surface area contributed by atoms with Crippen LogP contribution in [0.25, 0.3) is 11.5 Å². The summed E-state index contributed by atoms with van der Waals surface area (Å²) in [5.74, 6) is -1.10. The van der Waals surface area contributed by atoms with Crippen LogP contribution in [0.3, 0.4) is 0 Å². The Labute approximate surface area is 128 Å².